The average molecular weight is 750 g/mol. The number of nitrogens with one attached hydrogen (secondary N) is 2. The van der Waals surface area contributed by atoms with Crippen LogP contribution in [0.5, 0.6) is 5.75 Å². The highest BCUT2D eigenvalue weighted by atomic mass is 32.2. The average Bonchev–Trinajstić information content (AvgIpc) is 3.86. The molecule has 3 fully saturated rings. The summed E-state index contributed by atoms with van der Waals surface area (Å²) < 4.78 is 51.1. The van der Waals surface area contributed by atoms with Gasteiger partial charge in [0.05, 0.1) is 46.0 Å². The number of amides is 3. The highest BCUT2D eigenvalue weighted by Crippen LogP contribution is 2.68. The summed E-state index contributed by atoms with van der Waals surface area (Å²) in [6.45, 7) is 1.38. The molecule has 15 heteroatoms. The lowest BCUT2D eigenvalue weighted by molar-refractivity contribution is -0.137. The van der Waals surface area contributed by atoms with E-state index in [1.54, 1.807) is 49.0 Å². The van der Waals surface area contributed by atoms with Gasteiger partial charge in [0, 0.05) is 16.0 Å². The highest BCUT2D eigenvalue weighted by molar-refractivity contribution is 8.00. The Morgan fingerprint density at radius 1 is 0.962 bits per heavy atom. The zero-order valence-electron chi connectivity index (χ0n) is 27.3. The minimum Gasteiger partial charge on any atom is -0.484 e. The minimum absolute atomic E-state index is 0.0686. The normalized spacial score (nSPS) is 25.8. The van der Waals surface area contributed by atoms with Crippen molar-refractivity contribution in [1.82, 2.24) is 4.98 Å². The van der Waals surface area contributed by atoms with Gasteiger partial charge in [-0.25, -0.2) is 4.79 Å². The van der Waals surface area contributed by atoms with Crippen LogP contribution in [0.2, 0.25) is 0 Å². The molecule has 3 amide bonds. The number of aromatic amines is 1. The van der Waals surface area contributed by atoms with Crippen LogP contribution in [0.15, 0.2) is 82.6 Å². The number of halogens is 3. The van der Waals surface area contributed by atoms with Crippen molar-refractivity contribution >= 4 is 58.2 Å². The summed E-state index contributed by atoms with van der Waals surface area (Å²) in [5.41, 5.74) is 0.151. The number of esters is 1. The Morgan fingerprint density at radius 2 is 1.69 bits per heavy atom. The standard InChI is InChI=1S/C37H30F3N3O7S2/c1-2-49-35(47)17-10-12-19(13-11-17)43-33(45)28-21-15-22(29(28)34(43)46)30-27(21)26(31-32(51-30)42-36(48)52-31)18-6-5-7-20(14-18)50-16-25(44)41-24-9-4-3-8-23(24)37(38,39)40/h3-14,21-22,26-30H,2,15-16H2,1H3,(H,41,44)(H,42,48)/t21?,22?,26-,27?,28?,29?,30?/m1/s1. The molecule has 3 heterocycles. The summed E-state index contributed by atoms with van der Waals surface area (Å²) in [5, 5.41) is 2.93. The zero-order valence-corrected chi connectivity index (χ0v) is 29.0. The summed E-state index contributed by atoms with van der Waals surface area (Å²) >= 11 is 2.65. The fraction of sp³-hybridized carbons (Fsp3) is 0.324. The fourth-order valence-electron chi connectivity index (χ4n) is 8.58. The Balaban J connectivity index is 1.05. The number of nitrogens with zero attached hydrogens (tertiary/aromatic N) is 1. The van der Waals surface area contributed by atoms with Crippen molar-refractivity contribution in [2.75, 3.05) is 23.4 Å². The quantitative estimate of drug-likeness (QED) is 0.158. The number of aromatic nitrogens is 1. The third-order valence-electron chi connectivity index (χ3n) is 10.5. The summed E-state index contributed by atoms with van der Waals surface area (Å²) in [6, 6.07) is 17.9. The van der Waals surface area contributed by atoms with Crippen LogP contribution in [-0.2, 0) is 25.3 Å². The smallest absolute Gasteiger partial charge is 0.418 e. The second-order valence-corrected chi connectivity index (χ2v) is 15.4. The summed E-state index contributed by atoms with van der Waals surface area (Å²) in [5.74, 6) is -3.27. The first-order chi connectivity index (χ1) is 24.9. The lowest BCUT2D eigenvalue weighted by Gasteiger charge is -2.43. The number of thiazole rings is 1. The van der Waals surface area contributed by atoms with Crippen LogP contribution in [0.1, 0.15) is 45.6 Å². The molecule has 0 spiro atoms. The van der Waals surface area contributed by atoms with E-state index < -0.39 is 42.1 Å². The second kappa shape index (κ2) is 13.0. The molecule has 52 heavy (non-hydrogen) atoms. The van der Waals surface area contributed by atoms with Gasteiger partial charge in [0.2, 0.25) is 11.8 Å². The van der Waals surface area contributed by atoms with Gasteiger partial charge in [-0.15, -0.1) is 11.8 Å². The van der Waals surface area contributed by atoms with Gasteiger partial charge in [-0.2, -0.15) is 13.2 Å². The Hall–Kier alpha value is -4.89. The number of ether oxygens (including phenoxy) is 2. The van der Waals surface area contributed by atoms with E-state index in [1.165, 1.54) is 35.2 Å². The predicted octanol–water partition coefficient (Wildman–Crippen LogP) is 6.33. The largest absolute Gasteiger partial charge is 0.484 e. The SMILES string of the molecule is CCOC(=O)c1ccc(N2C(=O)C3C4CC(C3C2=O)C2C4Sc3[nH]c(=O)sc3[C@@H]2c2cccc(OCC(=O)Nc3ccccc3C(F)(F)F)c2)cc1. The molecular weight excluding hydrogens is 720 g/mol. The van der Waals surface area contributed by atoms with E-state index in [9.17, 15) is 37.1 Å². The number of alkyl halides is 3. The summed E-state index contributed by atoms with van der Waals surface area (Å²) in [7, 11) is 0. The van der Waals surface area contributed by atoms with Crippen molar-refractivity contribution in [3.63, 3.8) is 0 Å². The minimum atomic E-state index is -4.65. The molecule has 8 rings (SSSR count). The lowest BCUT2D eigenvalue weighted by Crippen LogP contribution is -2.42. The van der Waals surface area contributed by atoms with Crippen molar-refractivity contribution in [1.29, 1.82) is 0 Å². The van der Waals surface area contributed by atoms with Crippen molar-refractivity contribution < 1.29 is 41.8 Å². The molecule has 2 aliphatic carbocycles. The highest BCUT2D eigenvalue weighted by Gasteiger charge is 2.69. The van der Waals surface area contributed by atoms with Crippen molar-refractivity contribution in [3.8, 4) is 5.75 Å². The maximum Gasteiger partial charge on any atom is 0.418 e. The Labute approximate surface area is 302 Å². The van der Waals surface area contributed by atoms with E-state index >= 15 is 0 Å². The van der Waals surface area contributed by atoms with E-state index in [2.05, 4.69) is 10.3 Å². The van der Waals surface area contributed by atoms with Gasteiger partial charge in [-0.3, -0.25) is 24.1 Å². The first-order valence-electron chi connectivity index (χ1n) is 16.7. The molecule has 2 N–H and O–H groups in total. The number of hydrogen-bond acceptors (Lipinski definition) is 9. The zero-order chi connectivity index (χ0) is 36.5. The number of carbonyl (C=O) groups excluding carboxylic acids is 4. The molecule has 1 saturated heterocycles. The van der Waals surface area contributed by atoms with E-state index in [0.29, 0.717) is 23.4 Å². The van der Waals surface area contributed by atoms with Gasteiger partial charge < -0.3 is 19.8 Å². The third kappa shape index (κ3) is 5.70. The molecule has 6 unspecified atom stereocenters. The Kier molecular flexibility index (Phi) is 8.52. The number of H-pyrrole nitrogens is 1. The Morgan fingerprint density at radius 3 is 2.42 bits per heavy atom. The number of hydrogen-bond donors (Lipinski definition) is 2. The van der Waals surface area contributed by atoms with Gasteiger partial charge in [0.1, 0.15) is 5.75 Å². The summed E-state index contributed by atoms with van der Waals surface area (Å²) in [4.78, 5) is 70.5. The number of para-hydroxylation sites is 1. The van der Waals surface area contributed by atoms with Gasteiger partial charge in [-0.05, 0) is 85.2 Å². The molecule has 4 aromatic rings. The number of thioether (sulfide) groups is 1. The molecule has 2 bridgehead atoms. The summed E-state index contributed by atoms with van der Waals surface area (Å²) in [6.07, 6.45) is -3.97. The molecule has 2 aliphatic heterocycles. The van der Waals surface area contributed by atoms with Crippen LogP contribution in [0.4, 0.5) is 24.5 Å². The molecule has 268 valence electrons. The van der Waals surface area contributed by atoms with Crippen molar-refractivity contribution in [3.05, 3.63) is 104 Å². The lowest BCUT2D eigenvalue weighted by atomic mass is 9.68. The maximum absolute atomic E-state index is 14.1. The molecular formula is C37H30F3N3O7S2. The van der Waals surface area contributed by atoms with Crippen LogP contribution in [0, 0.1) is 29.6 Å². The first-order valence-corrected chi connectivity index (χ1v) is 18.4. The molecule has 2 saturated carbocycles. The van der Waals surface area contributed by atoms with Crippen molar-refractivity contribution in [2.45, 2.75) is 35.7 Å². The van der Waals surface area contributed by atoms with Crippen LogP contribution < -0.4 is 19.8 Å². The Bertz CT molecular complexity index is 2170. The molecule has 1 aromatic heterocycles. The van der Waals surface area contributed by atoms with E-state index in [1.807, 2.05) is 6.07 Å². The molecule has 0 radical (unpaired) electrons. The number of carbonyl (C=O) groups is 4. The van der Waals surface area contributed by atoms with E-state index in [0.717, 1.165) is 32.9 Å². The van der Waals surface area contributed by atoms with Crippen LogP contribution in [0.3, 0.4) is 0 Å². The number of fused-ring (bicyclic) bond motifs is 9. The number of benzene rings is 3. The molecule has 4 aliphatic rings. The first kappa shape index (κ1) is 34.2. The molecule has 10 nitrogen and oxygen atoms in total. The maximum atomic E-state index is 14.1. The van der Waals surface area contributed by atoms with Gasteiger partial charge in [0.25, 0.3) is 5.91 Å². The third-order valence-corrected chi connectivity index (χ3v) is 13.0. The number of imide groups is 1. The van der Waals surface area contributed by atoms with E-state index in [4.69, 9.17) is 9.47 Å². The van der Waals surface area contributed by atoms with Gasteiger partial charge >= 0.3 is 17.0 Å². The van der Waals surface area contributed by atoms with E-state index in [-0.39, 0.29) is 57.9 Å². The fourth-order valence-corrected chi connectivity index (χ4v) is 11.5. The number of anilines is 2. The predicted molar refractivity (Wildman–Crippen MR) is 185 cm³/mol. The molecule has 7 atom stereocenters. The van der Waals surface area contributed by atoms with Crippen molar-refractivity contribution in [2.24, 2.45) is 29.6 Å². The van der Waals surface area contributed by atoms with Crippen LogP contribution in [-0.4, -0.2) is 47.1 Å². The van der Waals surface area contributed by atoms with Crippen LogP contribution in [0.25, 0.3) is 0 Å². The molecule has 3 aromatic carbocycles. The van der Waals surface area contributed by atoms with Gasteiger partial charge in [-0.1, -0.05) is 35.6 Å². The second-order valence-electron chi connectivity index (χ2n) is 13.2. The number of rotatable bonds is 8. The monoisotopic (exact) mass is 749 g/mol. The van der Waals surface area contributed by atoms with Gasteiger partial charge in [0.15, 0.2) is 6.61 Å². The topological polar surface area (TPSA) is 135 Å². The van der Waals surface area contributed by atoms with Crippen LogP contribution >= 0.6 is 23.1 Å².